The smallest absolute Gasteiger partial charge is 0.309 e. The van der Waals surface area contributed by atoms with Crippen molar-refractivity contribution in [1.82, 2.24) is 0 Å². The van der Waals surface area contributed by atoms with Crippen molar-refractivity contribution in [2.75, 3.05) is 7.11 Å². The van der Waals surface area contributed by atoms with Crippen LogP contribution in [-0.2, 0) is 16.0 Å². The molecule has 0 heterocycles. The monoisotopic (exact) mass is 276 g/mol. The van der Waals surface area contributed by atoms with Crippen LogP contribution in [0, 0.1) is 5.92 Å². The van der Waals surface area contributed by atoms with Crippen LogP contribution in [0.2, 0.25) is 0 Å². The van der Waals surface area contributed by atoms with E-state index in [4.69, 9.17) is 4.74 Å². The SMILES string of the molecule is CCC(C(=O)OC)C1CCc2cc(O)c(C(C)=O)cc21. The zero-order chi connectivity index (χ0) is 14.9. The lowest BCUT2D eigenvalue weighted by Gasteiger charge is -2.21. The Balaban J connectivity index is 2.43. The van der Waals surface area contributed by atoms with Crippen LogP contribution in [0.3, 0.4) is 0 Å². The molecule has 108 valence electrons. The van der Waals surface area contributed by atoms with Gasteiger partial charge in [-0.2, -0.15) is 0 Å². The van der Waals surface area contributed by atoms with Crippen molar-refractivity contribution < 1.29 is 19.4 Å². The summed E-state index contributed by atoms with van der Waals surface area (Å²) in [5.41, 5.74) is 2.36. The van der Waals surface area contributed by atoms with Crippen LogP contribution in [0.15, 0.2) is 12.1 Å². The highest BCUT2D eigenvalue weighted by Gasteiger charge is 2.34. The van der Waals surface area contributed by atoms with E-state index in [1.165, 1.54) is 14.0 Å². The van der Waals surface area contributed by atoms with Gasteiger partial charge in [-0.1, -0.05) is 6.92 Å². The molecule has 0 radical (unpaired) electrons. The lowest BCUT2D eigenvalue weighted by molar-refractivity contribution is -0.146. The molecule has 2 unspecified atom stereocenters. The van der Waals surface area contributed by atoms with Gasteiger partial charge in [-0.15, -0.1) is 0 Å². The van der Waals surface area contributed by atoms with E-state index in [0.29, 0.717) is 12.0 Å². The largest absolute Gasteiger partial charge is 0.507 e. The number of aryl methyl sites for hydroxylation is 1. The third-order valence-corrected chi connectivity index (χ3v) is 4.19. The van der Waals surface area contributed by atoms with Crippen LogP contribution in [0.4, 0.5) is 0 Å². The minimum absolute atomic E-state index is 0.0306. The number of ketones is 1. The Bertz CT molecular complexity index is 548. The quantitative estimate of drug-likeness (QED) is 0.678. The van der Waals surface area contributed by atoms with E-state index in [9.17, 15) is 14.7 Å². The summed E-state index contributed by atoms with van der Waals surface area (Å²) in [4.78, 5) is 23.4. The topological polar surface area (TPSA) is 63.6 Å². The molecule has 20 heavy (non-hydrogen) atoms. The van der Waals surface area contributed by atoms with Gasteiger partial charge in [-0.3, -0.25) is 9.59 Å². The molecule has 4 nitrogen and oxygen atoms in total. The molecule has 1 aliphatic carbocycles. The number of carbonyl (C=O) groups excluding carboxylic acids is 2. The van der Waals surface area contributed by atoms with Crippen molar-refractivity contribution in [1.29, 1.82) is 0 Å². The lowest BCUT2D eigenvalue weighted by Crippen LogP contribution is -2.22. The summed E-state index contributed by atoms with van der Waals surface area (Å²) in [5.74, 6) is -0.459. The fraction of sp³-hybridized carbons (Fsp3) is 0.500. The highest BCUT2D eigenvalue weighted by atomic mass is 16.5. The Morgan fingerprint density at radius 1 is 1.45 bits per heavy atom. The third-order valence-electron chi connectivity index (χ3n) is 4.19. The molecule has 0 aromatic heterocycles. The maximum atomic E-state index is 11.9. The van der Waals surface area contributed by atoms with Crippen molar-refractivity contribution in [2.24, 2.45) is 5.92 Å². The van der Waals surface area contributed by atoms with E-state index in [-0.39, 0.29) is 29.3 Å². The van der Waals surface area contributed by atoms with E-state index in [2.05, 4.69) is 0 Å². The zero-order valence-corrected chi connectivity index (χ0v) is 12.1. The second kappa shape index (κ2) is 5.65. The second-order valence-electron chi connectivity index (χ2n) is 5.31. The van der Waals surface area contributed by atoms with Crippen molar-refractivity contribution in [3.63, 3.8) is 0 Å². The lowest BCUT2D eigenvalue weighted by atomic mass is 9.84. The number of ether oxygens (including phenoxy) is 1. The molecule has 0 saturated heterocycles. The molecule has 0 aliphatic heterocycles. The predicted octanol–water partition coefficient (Wildman–Crippen LogP) is 2.82. The standard InChI is InChI=1S/C16H20O4/c1-4-11(16(19)20-3)12-6-5-10-7-15(18)13(9(2)17)8-14(10)12/h7-8,11-12,18H,4-6H2,1-3H3. The molecule has 1 aromatic rings. The van der Waals surface area contributed by atoms with Crippen LogP contribution in [-0.4, -0.2) is 24.0 Å². The number of fused-ring (bicyclic) bond motifs is 1. The predicted molar refractivity (Wildman–Crippen MR) is 75.0 cm³/mol. The van der Waals surface area contributed by atoms with Gasteiger partial charge in [0.25, 0.3) is 0 Å². The van der Waals surface area contributed by atoms with Gasteiger partial charge in [0.05, 0.1) is 18.6 Å². The molecular weight excluding hydrogens is 256 g/mol. The maximum Gasteiger partial charge on any atom is 0.309 e. The molecular formula is C16H20O4. The number of carbonyl (C=O) groups is 2. The molecule has 4 heteroatoms. The summed E-state index contributed by atoms with van der Waals surface area (Å²) in [6.07, 6.45) is 2.37. The molecule has 0 amide bonds. The zero-order valence-electron chi connectivity index (χ0n) is 12.1. The number of hydrogen-bond donors (Lipinski definition) is 1. The van der Waals surface area contributed by atoms with Crippen LogP contribution in [0.1, 0.15) is 54.1 Å². The molecule has 2 rings (SSSR count). The van der Waals surface area contributed by atoms with Crippen LogP contribution >= 0.6 is 0 Å². The minimum Gasteiger partial charge on any atom is -0.507 e. The molecule has 1 aliphatic rings. The number of esters is 1. The normalized spacial score (nSPS) is 18.4. The summed E-state index contributed by atoms with van der Waals surface area (Å²) in [6, 6.07) is 3.41. The number of hydrogen-bond acceptors (Lipinski definition) is 4. The molecule has 0 saturated carbocycles. The first-order valence-corrected chi connectivity index (χ1v) is 6.94. The fourth-order valence-corrected chi connectivity index (χ4v) is 3.14. The molecule has 2 atom stereocenters. The number of benzene rings is 1. The number of rotatable bonds is 4. The molecule has 1 N–H and O–H groups in total. The van der Waals surface area contributed by atoms with E-state index >= 15 is 0 Å². The van der Waals surface area contributed by atoms with Crippen LogP contribution in [0.25, 0.3) is 0 Å². The Labute approximate surface area is 118 Å². The number of phenols is 1. The average molecular weight is 276 g/mol. The van der Waals surface area contributed by atoms with Gasteiger partial charge in [-0.25, -0.2) is 0 Å². The van der Waals surface area contributed by atoms with E-state index in [1.807, 2.05) is 6.92 Å². The number of Topliss-reactive ketones (excluding diaryl/α,β-unsaturated/α-hetero) is 1. The van der Waals surface area contributed by atoms with E-state index in [0.717, 1.165) is 24.0 Å². The molecule has 0 bridgehead atoms. The van der Waals surface area contributed by atoms with Gasteiger partial charge in [0.2, 0.25) is 0 Å². The third kappa shape index (κ3) is 2.42. The van der Waals surface area contributed by atoms with Crippen molar-refractivity contribution >= 4 is 11.8 Å². The Morgan fingerprint density at radius 3 is 2.70 bits per heavy atom. The van der Waals surface area contributed by atoms with Crippen LogP contribution in [0.5, 0.6) is 5.75 Å². The summed E-state index contributed by atoms with van der Waals surface area (Å²) in [5, 5.41) is 9.87. The Kier molecular flexibility index (Phi) is 4.12. The minimum atomic E-state index is -0.206. The first-order chi connectivity index (χ1) is 9.49. The van der Waals surface area contributed by atoms with Gasteiger partial charge >= 0.3 is 5.97 Å². The maximum absolute atomic E-state index is 11.9. The first kappa shape index (κ1) is 14.6. The van der Waals surface area contributed by atoms with E-state index in [1.54, 1.807) is 12.1 Å². The van der Waals surface area contributed by atoms with Crippen LogP contribution < -0.4 is 0 Å². The molecule has 0 spiro atoms. The number of aromatic hydroxyl groups is 1. The van der Waals surface area contributed by atoms with Gasteiger partial charge in [0.1, 0.15) is 5.75 Å². The summed E-state index contributed by atoms with van der Waals surface area (Å²) in [7, 11) is 1.40. The van der Waals surface area contributed by atoms with Crippen molar-refractivity contribution in [3.05, 3.63) is 28.8 Å². The van der Waals surface area contributed by atoms with Crippen molar-refractivity contribution in [3.8, 4) is 5.75 Å². The number of methoxy groups -OCH3 is 1. The van der Waals surface area contributed by atoms with Crippen molar-refractivity contribution in [2.45, 2.75) is 39.0 Å². The Hall–Kier alpha value is -1.84. The first-order valence-electron chi connectivity index (χ1n) is 6.94. The van der Waals surface area contributed by atoms with Gasteiger partial charge in [0.15, 0.2) is 5.78 Å². The summed E-state index contributed by atoms with van der Waals surface area (Å²) in [6.45, 7) is 3.40. The Morgan fingerprint density at radius 2 is 2.15 bits per heavy atom. The molecule has 0 fully saturated rings. The highest BCUT2D eigenvalue weighted by Crippen LogP contribution is 2.42. The molecule has 1 aromatic carbocycles. The summed E-state index contributed by atoms with van der Waals surface area (Å²) >= 11 is 0. The van der Waals surface area contributed by atoms with E-state index < -0.39 is 0 Å². The van der Waals surface area contributed by atoms with Gasteiger partial charge in [-0.05, 0) is 55.4 Å². The second-order valence-corrected chi connectivity index (χ2v) is 5.31. The summed E-state index contributed by atoms with van der Waals surface area (Å²) < 4.78 is 4.88. The number of phenolic OH excluding ortho intramolecular Hbond substituents is 1. The van der Waals surface area contributed by atoms with Gasteiger partial charge < -0.3 is 9.84 Å². The average Bonchev–Trinajstić information content (AvgIpc) is 2.81. The highest BCUT2D eigenvalue weighted by molar-refractivity contribution is 5.97. The van der Waals surface area contributed by atoms with Gasteiger partial charge in [0, 0.05) is 0 Å². The fourth-order valence-electron chi connectivity index (χ4n) is 3.14.